The third kappa shape index (κ3) is 4.35. The number of rotatable bonds is 4. The number of hydrogen-bond donors (Lipinski definition) is 3. The van der Waals surface area contributed by atoms with Crippen LogP contribution in [0.4, 0.5) is 0 Å². The molecule has 1 unspecified atom stereocenters. The molecule has 6 N–H and O–H groups in total. The molecule has 1 atom stereocenters. The maximum Gasteiger partial charge on any atom is 0.337 e. The molecule has 1 aromatic carbocycles. The number of hydrogen-bond acceptors (Lipinski definition) is 6. The Balaban J connectivity index is 2.17. The number of nitrogens with two attached hydrogens (primary N) is 3. The number of nitrogens with zero attached hydrogens (tertiary/aromatic N) is 1. The van der Waals surface area contributed by atoms with E-state index in [2.05, 4.69) is 4.90 Å². The Bertz CT molecular complexity index is 647. The van der Waals surface area contributed by atoms with E-state index in [4.69, 9.17) is 33.5 Å². The summed E-state index contributed by atoms with van der Waals surface area (Å²) in [5, 5.41) is 0.142. The van der Waals surface area contributed by atoms with Crippen molar-refractivity contribution in [2.45, 2.75) is 18.8 Å². The van der Waals surface area contributed by atoms with Crippen LogP contribution < -0.4 is 17.2 Å². The number of carbonyl (C=O) groups excluding carboxylic acids is 1. The third-order valence-corrected chi connectivity index (χ3v) is 4.24. The van der Waals surface area contributed by atoms with Crippen LogP contribution in [-0.4, -0.2) is 31.1 Å². The van der Waals surface area contributed by atoms with E-state index < -0.39 is 0 Å². The second-order valence-electron chi connectivity index (χ2n) is 5.77. The molecule has 24 heavy (non-hydrogen) atoms. The van der Waals surface area contributed by atoms with Crippen LogP contribution in [0.5, 0.6) is 0 Å². The number of ether oxygens (including phenoxy) is 1. The molecule has 1 heterocycles. The Morgan fingerprint density at radius 1 is 1.29 bits per heavy atom. The van der Waals surface area contributed by atoms with Crippen molar-refractivity contribution < 1.29 is 9.53 Å². The SMILES string of the molecule is COC(=O)c1ccc(C2CCCN(C(/C=C(\N)Cl)=C(N)N)C2)cc1. The second-order valence-corrected chi connectivity index (χ2v) is 6.20. The number of piperidine rings is 1. The van der Waals surface area contributed by atoms with Crippen molar-refractivity contribution in [3.05, 3.63) is 58.1 Å². The van der Waals surface area contributed by atoms with Crippen LogP contribution in [0, 0.1) is 0 Å². The highest BCUT2D eigenvalue weighted by atomic mass is 35.5. The van der Waals surface area contributed by atoms with Gasteiger partial charge in [0.05, 0.1) is 18.4 Å². The maximum atomic E-state index is 11.5. The minimum Gasteiger partial charge on any atom is -0.465 e. The summed E-state index contributed by atoms with van der Waals surface area (Å²) in [6.07, 6.45) is 3.63. The van der Waals surface area contributed by atoms with E-state index in [1.165, 1.54) is 7.11 Å². The van der Waals surface area contributed by atoms with Gasteiger partial charge in [0.1, 0.15) is 11.0 Å². The molecule has 2 rings (SSSR count). The van der Waals surface area contributed by atoms with Gasteiger partial charge in [-0.1, -0.05) is 23.7 Å². The Hall–Kier alpha value is -2.34. The molecule has 1 saturated heterocycles. The predicted octanol–water partition coefficient (Wildman–Crippen LogP) is 1.78. The second kappa shape index (κ2) is 7.97. The molecular formula is C17H23ClN4O2. The molecule has 1 fully saturated rings. The van der Waals surface area contributed by atoms with Gasteiger partial charge >= 0.3 is 5.97 Å². The predicted molar refractivity (Wildman–Crippen MR) is 94.9 cm³/mol. The fraction of sp³-hybridized carbons (Fsp3) is 0.353. The normalized spacial score (nSPS) is 18.2. The number of methoxy groups -OCH3 is 1. The molecule has 0 aromatic heterocycles. The lowest BCUT2D eigenvalue weighted by Gasteiger charge is -2.35. The average molecular weight is 351 g/mol. The Labute approximate surface area is 146 Å². The highest BCUT2D eigenvalue weighted by Crippen LogP contribution is 2.29. The number of esters is 1. The van der Waals surface area contributed by atoms with Crippen LogP contribution in [0.15, 0.2) is 47.0 Å². The van der Waals surface area contributed by atoms with E-state index in [9.17, 15) is 4.79 Å². The van der Waals surface area contributed by atoms with Gasteiger partial charge in [-0.3, -0.25) is 0 Å². The van der Waals surface area contributed by atoms with Gasteiger partial charge in [0.25, 0.3) is 0 Å². The summed E-state index contributed by atoms with van der Waals surface area (Å²) in [5.74, 6) is 0.167. The lowest BCUT2D eigenvalue weighted by atomic mass is 9.90. The molecule has 0 amide bonds. The molecule has 6 nitrogen and oxygen atoms in total. The molecule has 0 radical (unpaired) electrons. The zero-order valence-corrected chi connectivity index (χ0v) is 14.4. The first-order chi connectivity index (χ1) is 11.4. The first-order valence-corrected chi connectivity index (χ1v) is 8.11. The maximum absolute atomic E-state index is 11.5. The summed E-state index contributed by atoms with van der Waals surface area (Å²) in [5.41, 5.74) is 19.4. The monoisotopic (exact) mass is 350 g/mol. The van der Waals surface area contributed by atoms with E-state index in [-0.39, 0.29) is 16.9 Å². The number of allylic oxidation sites excluding steroid dienone is 1. The molecule has 7 heteroatoms. The van der Waals surface area contributed by atoms with E-state index in [1.54, 1.807) is 18.2 Å². The summed E-state index contributed by atoms with van der Waals surface area (Å²) in [6.45, 7) is 1.59. The van der Waals surface area contributed by atoms with Crippen LogP contribution in [0.25, 0.3) is 0 Å². The van der Waals surface area contributed by atoms with Gasteiger partial charge < -0.3 is 26.8 Å². The van der Waals surface area contributed by atoms with Crippen molar-refractivity contribution >= 4 is 17.6 Å². The van der Waals surface area contributed by atoms with Crippen molar-refractivity contribution in [3.63, 3.8) is 0 Å². The largest absolute Gasteiger partial charge is 0.465 e. The highest BCUT2D eigenvalue weighted by Gasteiger charge is 2.23. The van der Waals surface area contributed by atoms with E-state index in [0.717, 1.165) is 31.5 Å². The minimum absolute atomic E-state index is 0.142. The highest BCUT2D eigenvalue weighted by molar-refractivity contribution is 6.29. The lowest BCUT2D eigenvalue weighted by molar-refractivity contribution is 0.0600. The fourth-order valence-electron chi connectivity index (χ4n) is 2.97. The molecular weight excluding hydrogens is 328 g/mol. The topological polar surface area (TPSA) is 108 Å². The van der Waals surface area contributed by atoms with Gasteiger partial charge in [0.2, 0.25) is 0 Å². The number of halogens is 1. The van der Waals surface area contributed by atoms with Crippen LogP contribution in [0.3, 0.4) is 0 Å². The zero-order chi connectivity index (χ0) is 17.7. The molecule has 130 valence electrons. The van der Waals surface area contributed by atoms with Crippen molar-refractivity contribution in [1.29, 1.82) is 0 Å². The number of likely N-dealkylation sites (tertiary alicyclic amines) is 1. The summed E-state index contributed by atoms with van der Waals surface area (Å²) < 4.78 is 4.72. The average Bonchev–Trinajstić information content (AvgIpc) is 2.59. The van der Waals surface area contributed by atoms with Crippen LogP contribution in [-0.2, 0) is 4.74 Å². The van der Waals surface area contributed by atoms with E-state index >= 15 is 0 Å². The van der Waals surface area contributed by atoms with Gasteiger partial charge in [0, 0.05) is 19.0 Å². The lowest BCUT2D eigenvalue weighted by Crippen LogP contribution is -2.36. The molecule has 1 aliphatic heterocycles. The molecule has 0 spiro atoms. The van der Waals surface area contributed by atoms with Gasteiger partial charge in [0.15, 0.2) is 0 Å². The fourth-order valence-corrected chi connectivity index (χ4v) is 3.07. The number of benzene rings is 1. The quantitative estimate of drug-likeness (QED) is 0.434. The Morgan fingerprint density at radius 2 is 1.96 bits per heavy atom. The Kier molecular flexibility index (Phi) is 5.98. The van der Waals surface area contributed by atoms with E-state index in [0.29, 0.717) is 17.2 Å². The molecule has 0 bridgehead atoms. The van der Waals surface area contributed by atoms with E-state index in [1.807, 2.05) is 12.1 Å². The smallest absolute Gasteiger partial charge is 0.337 e. The minimum atomic E-state index is -0.337. The first kappa shape index (κ1) is 18.0. The molecule has 1 aliphatic rings. The molecule has 1 aromatic rings. The van der Waals surface area contributed by atoms with Gasteiger partial charge in [-0.05, 0) is 36.6 Å². The zero-order valence-electron chi connectivity index (χ0n) is 13.7. The summed E-state index contributed by atoms with van der Waals surface area (Å²) in [6, 6.07) is 7.48. The van der Waals surface area contributed by atoms with Crippen LogP contribution in [0.2, 0.25) is 0 Å². The van der Waals surface area contributed by atoms with Crippen molar-refractivity contribution in [3.8, 4) is 0 Å². The summed E-state index contributed by atoms with van der Waals surface area (Å²) >= 11 is 5.77. The van der Waals surface area contributed by atoms with Crippen LogP contribution >= 0.6 is 11.6 Å². The van der Waals surface area contributed by atoms with Gasteiger partial charge in [-0.25, -0.2) is 4.79 Å². The first-order valence-electron chi connectivity index (χ1n) is 7.73. The van der Waals surface area contributed by atoms with Crippen molar-refractivity contribution in [1.82, 2.24) is 4.90 Å². The third-order valence-electron chi connectivity index (χ3n) is 4.14. The number of carbonyl (C=O) groups is 1. The summed E-state index contributed by atoms with van der Waals surface area (Å²) in [4.78, 5) is 13.6. The molecule has 0 aliphatic carbocycles. The van der Waals surface area contributed by atoms with Crippen molar-refractivity contribution in [2.24, 2.45) is 17.2 Å². The standard InChI is InChI=1S/C17H23ClN4O2/c1-24-17(23)12-6-4-11(5-7-12)13-3-2-8-22(10-13)14(16(20)21)9-15(18)19/h4-7,9,13H,2-3,8,10,19-21H2,1H3/b15-9-. The molecule has 0 saturated carbocycles. The van der Waals surface area contributed by atoms with Crippen molar-refractivity contribution in [2.75, 3.05) is 20.2 Å². The van der Waals surface area contributed by atoms with Gasteiger partial charge in [-0.2, -0.15) is 0 Å². The van der Waals surface area contributed by atoms with Gasteiger partial charge in [-0.15, -0.1) is 0 Å². The van der Waals surface area contributed by atoms with Crippen LogP contribution in [0.1, 0.15) is 34.7 Å². The summed E-state index contributed by atoms with van der Waals surface area (Å²) in [7, 11) is 1.37. The Morgan fingerprint density at radius 3 is 2.50 bits per heavy atom.